The zero-order valence-electron chi connectivity index (χ0n) is 6.24. The first kappa shape index (κ1) is 7.22. The number of hydrogen-bond acceptors (Lipinski definition) is 2. The average molecular weight is 174 g/mol. The highest BCUT2D eigenvalue weighted by atomic mass is 32.1. The predicted molar refractivity (Wildman–Crippen MR) is 53.0 cm³/mol. The molecule has 1 heterocycles. The normalized spacial score (nSPS) is 9.67. The Kier molecular flexibility index (Phi) is 1.74. The number of aliphatic imine (C=N–C) groups is 1. The Bertz CT molecular complexity index is 452. The molecule has 0 fully saturated rings. The molecule has 0 radical (unpaired) electrons. The minimum absolute atomic E-state index is 0.865. The Morgan fingerprint density at radius 3 is 3.08 bits per heavy atom. The molecule has 0 aliphatic rings. The third-order valence-corrected chi connectivity index (χ3v) is 1.83. The fourth-order valence-corrected chi connectivity index (χ4v) is 1.31. The van der Waals surface area contributed by atoms with Crippen molar-refractivity contribution in [1.82, 2.24) is 4.98 Å². The minimum Gasteiger partial charge on any atom is -0.361 e. The summed E-state index contributed by atoms with van der Waals surface area (Å²) in [6, 6.07) is 7.82. The summed E-state index contributed by atoms with van der Waals surface area (Å²) in [7, 11) is 0. The van der Waals surface area contributed by atoms with Crippen LogP contribution in [0, 0.1) is 0 Å². The topological polar surface area (TPSA) is 28.1 Å². The number of isothiocyanates is 1. The first-order valence-electron chi connectivity index (χ1n) is 3.56. The lowest BCUT2D eigenvalue weighted by Crippen LogP contribution is -1.67. The molecule has 0 saturated carbocycles. The molecule has 58 valence electrons. The molecular formula is C9H6N2S. The van der Waals surface area contributed by atoms with E-state index in [9.17, 15) is 0 Å². The van der Waals surface area contributed by atoms with Gasteiger partial charge in [0.1, 0.15) is 0 Å². The second-order valence-electron chi connectivity index (χ2n) is 2.42. The van der Waals surface area contributed by atoms with Crippen molar-refractivity contribution >= 4 is 34.0 Å². The average Bonchev–Trinajstić information content (AvgIpc) is 2.53. The van der Waals surface area contributed by atoms with Gasteiger partial charge < -0.3 is 4.98 Å². The SMILES string of the molecule is S=C=Nc1cccc2[nH]ccc12. The van der Waals surface area contributed by atoms with Crippen molar-refractivity contribution in [2.24, 2.45) is 4.99 Å². The Morgan fingerprint density at radius 1 is 1.33 bits per heavy atom. The number of nitrogens with zero attached hydrogens (tertiary/aromatic N) is 1. The maximum absolute atomic E-state index is 4.54. The van der Waals surface area contributed by atoms with Gasteiger partial charge in [-0.15, -0.1) is 0 Å². The highest BCUT2D eigenvalue weighted by Gasteiger charge is 1.97. The van der Waals surface area contributed by atoms with Gasteiger partial charge in [-0.05, 0) is 30.4 Å². The highest BCUT2D eigenvalue weighted by molar-refractivity contribution is 7.78. The number of benzene rings is 1. The van der Waals surface area contributed by atoms with Crippen LogP contribution in [0.4, 0.5) is 5.69 Å². The van der Waals surface area contributed by atoms with Gasteiger partial charge in [0.25, 0.3) is 0 Å². The van der Waals surface area contributed by atoms with E-state index in [1.807, 2.05) is 30.5 Å². The van der Waals surface area contributed by atoms with Crippen LogP contribution < -0.4 is 0 Å². The standard InChI is InChI=1S/C9H6N2S/c12-6-11-9-3-1-2-8-7(9)4-5-10-8/h1-5,10H. The first-order valence-corrected chi connectivity index (χ1v) is 3.96. The van der Waals surface area contributed by atoms with E-state index in [0.29, 0.717) is 0 Å². The Hall–Kier alpha value is -1.44. The maximum Gasteiger partial charge on any atom is 0.0833 e. The number of hydrogen-bond donors (Lipinski definition) is 1. The number of nitrogens with one attached hydrogen (secondary N) is 1. The molecule has 0 aliphatic carbocycles. The van der Waals surface area contributed by atoms with Gasteiger partial charge in [0.2, 0.25) is 0 Å². The third kappa shape index (κ3) is 1.05. The van der Waals surface area contributed by atoms with Crippen LogP contribution in [0.15, 0.2) is 35.5 Å². The van der Waals surface area contributed by atoms with Gasteiger partial charge in [0.05, 0.1) is 10.8 Å². The van der Waals surface area contributed by atoms with Gasteiger partial charge in [0, 0.05) is 17.1 Å². The van der Waals surface area contributed by atoms with E-state index in [2.05, 4.69) is 27.4 Å². The van der Waals surface area contributed by atoms with Crippen LogP contribution in [0.5, 0.6) is 0 Å². The Balaban J connectivity index is 2.81. The molecule has 0 amide bonds. The van der Waals surface area contributed by atoms with Crippen molar-refractivity contribution in [3.8, 4) is 0 Å². The summed E-state index contributed by atoms with van der Waals surface area (Å²) in [5.41, 5.74) is 1.94. The molecule has 0 saturated heterocycles. The van der Waals surface area contributed by atoms with Crippen LogP contribution in [-0.4, -0.2) is 10.1 Å². The summed E-state index contributed by atoms with van der Waals surface area (Å²) in [4.78, 5) is 7.05. The summed E-state index contributed by atoms with van der Waals surface area (Å²) in [5, 5.41) is 3.44. The molecule has 0 unspecified atom stereocenters. The minimum atomic E-state index is 0.865. The number of thiocarbonyl (C=S) groups is 1. The van der Waals surface area contributed by atoms with E-state index in [4.69, 9.17) is 0 Å². The van der Waals surface area contributed by atoms with E-state index in [1.165, 1.54) is 0 Å². The van der Waals surface area contributed by atoms with Crippen molar-refractivity contribution in [2.75, 3.05) is 0 Å². The smallest absolute Gasteiger partial charge is 0.0833 e. The molecule has 2 rings (SSSR count). The van der Waals surface area contributed by atoms with E-state index in [1.54, 1.807) is 0 Å². The van der Waals surface area contributed by atoms with Crippen LogP contribution in [0.3, 0.4) is 0 Å². The molecule has 2 aromatic rings. The number of aromatic amines is 1. The van der Waals surface area contributed by atoms with Gasteiger partial charge >= 0.3 is 0 Å². The number of H-pyrrole nitrogens is 1. The van der Waals surface area contributed by atoms with Crippen molar-refractivity contribution < 1.29 is 0 Å². The van der Waals surface area contributed by atoms with Crippen LogP contribution in [-0.2, 0) is 0 Å². The highest BCUT2D eigenvalue weighted by Crippen LogP contribution is 2.23. The zero-order chi connectivity index (χ0) is 8.39. The van der Waals surface area contributed by atoms with Crippen LogP contribution >= 0.6 is 12.2 Å². The summed E-state index contributed by atoms with van der Waals surface area (Å²) < 4.78 is 0. The summed E-state index contributed by atoms with van der Waals surface area (Å²) in [6.45, 7) is 0. The molecule has 0 aliphatic heterocycles. The molecule has 1 aromatic heterocycles. The van der Waals surface area contributed by atoms with Gasteiger partial charge in [-0.25, -0.2) is 0 Å². The monoisotopic (exact) mass is 174 g/mol. The Morgan fingerprint density at radius 2 is 2.25 bits per heavy atom. The predicted octanol–water partition coefficient (Wildman–Crippen LogP) is 2.90. The Labute approximate surface area is 74.9 Å². The lowest BCUT2D eigenvalue weighted by atomic mass is 10.2. The largest absolute Gasteiger partial charge is 0.361 e. The lowest BCUT2D eigenvalue weighted by molar-refractivity contribution is 1.47. The molecule has 3 heteroatoms. The maximum atomic E-state index is 4.54. The van der Waals surface area contributed by atoms with Gasteiger partial charge in [0.15, 0.2) is 0 Å². The quantitative estimate of drug-likeness (QED) is 0.522. The van der Waals surface area contributed by atoms with Gasteiger partial charge in [-0.1, -0.05) is 6.07 Å². The molecule has 0 atom stereocenters. The van der Waals surface area contributed by atoms with Crippen LogP contribution in [0.2, 0.25) is 0 Å². The van der Waals surface area contributed by atoms with E-state index >= 15 is 0 Å². The summed E-state index contributed by atoms with van der Waals surface area (Å²) >= 11 is 4.54. The second kappa shape index (κ2) is 2.89. The van der Waals surface area contributed by atoms with E-state index in [0.717, 1.165) is 16.6 Å². The van der Waals surface area contributed by atoms with Crippen LogP contribution in [0.25, 0.3) is 10.9 Å². The summed E-state index contributed by atoms with van der Waals surface area (Å²) in [6.07, 6.45) is 1.88. The summed E-state index contributed by atoms with van der Waals surface area (Å²) in [5.74, 6) is 0. The molecule has 1 aromatic carbocycles. The molecule has 1 N–H and O–H groups in total. The van der Waals surface area contributed by atoms with Crippen molar-refractivity contribution in [2.45, 2.75) is 0 Å². The lowest BCUT2D eigenvalue weighted by Gasteiger charge is -1.92. The zero-order valence-corrected chi connectivity index (χ0v) is 7.06. The molecule has 0 bridgehead atoms. The number of fused-ring (bicyclic) bond motifs is 1. The fourth-order valence-electron chi connectivity index (χ4n) is 1.22. The van der Waals surface area contributed by atoms with E-state index in [-0.39, 0.29) is 0 Å². The van der Waals surface area contributed by atoms with Crippen molar-refractivity contribution in [1.29, 1.82) is 0 Å². The molecular weight excluding hydrogens is 168 g/mol. The van der Waals surface area contributed by atoms with Crippen molar-refractivity contribution in [3.05, 3.63) is 30.5 Å². The first-order chi connectivity index (χ1) is 5.92. The number of rotatable bonds is 1. The number of aromatic nitrogens is 1. The molecule has 2 nitrogen and oxygen atoms in total. The van der Waals surface area contributed by atoms with Gasteiger partial charge in [-0.2, -0.15) is 4.99 Å². The molecule has 0 spiro atoms. The second-order valence-corrected chi connectivity index (χ2v) is 2.60. The van der Waals surface area contributed by atoms with Crippen LogP contribution in [0.1, 0.15) is 0 Å². The van der Waals surface area contributed by atoms with Crippen molar-refractivity contribution in [3.63, 3.8) is 0 Å². The fraction of sp³-hybridized carbons (Fsp3) is 0. The molecule has 12 heavy (non-hydrogen) atoms. The third-order valence-electron chi connectivity index (χ3n) is 1.74. The van der Waals surface area contributed by atoms with Gasteiger partial charge in [-0.3, -0.25) is 0 Å². The van der Waals surface area contributed by atoms with E-state index < -0.39 is 0 Å².